The smallest absolute Gasteiger partial charge is 0.133 e. The molecule has 3 aromatic carbocycles. The van der Waals surface area contributed by atoms with Gasteiger partial charge in [0.05, 0.1) is 5.69 Å². The molecule has 1 aliphatic rings. The van der Waals surface area contributed by atoms with E-state index < -0.39 is 0 Å². The van der Waals surface area contributed by atoms with Gasteiger partial charge in [-0.1, -0.05) is 24.3 Å². The average Bonchev–Trinajstić information content (AvgIpc) is 2.91. The molecular formula is C25H19F2N3. The highest BCUT2D eigenvalue weighted by molar-refractivity contribution is 5.90. The summed E-state index contributed by atoms with van der Waals surface area (Å²) in [6.07, 6.45) is 3.68. The van der Waals surface area contributed by atoms with Gasteiger partial charge in [0.2, 0.25) is 0 Å². The maximum absolute atomic E-state index is 15.1. The zero-order chi connectivity index (χ0) is 20.7. The van der Waals surface area contributed by atoms with Crippen LogP contribution >= 0.6 is 0 Å². The minimum atomic E-state index is -0.337. The van der Waals surface area contributed by atoms with Gasteiger partial charge < -0.3 is 0 Å². The molecule has 0 spiro atoms. The Balaban J connectivity index is 1.67. The molecule has 0 unspecified atom stereocenters. The van der Waals surface area contributed by atoms with Crippen LogP contribution in [-0.2, 0) is 6.54 Å². The first-order chi connectivity index (χ1) is 14.6. The first kappa shape index (κ1) is 18.6. The third kappa shape index (κ3) is 3.37. The third-order valence-electron chi connectivity index (χ3n) is 5.49. The first-order valence-electron chi connectivity index (χ1n) is 9.78. The summed E-state index contributed by atoms with van der Waals surface area (Å²) in [6.45, 7) is 1.42. The van der Waals surface area contributed by atoms with Gasteiger partial charge in [0.1, 0.15) is 11.6 Å². The molecule has 0 atom stereocenters. The molecule has 148 valence electrons. The predicted octanol–water partition coefficient (Wildman–Crippen LogP) is 5.45. The molecule has 0 aliphatic carbocycles. The molecule has 30 heavy (non-hydrogen) atoms. The Labute approximate surface area is 173 Å². The van der Waals surface area contributed by atoms with E-state index in [1.165, 1.54) is 12.1 Å². The highest BCUT2D eigenvalue weighted by Crippen LogP contribution is 2.35. The maximum atomic E-state index is 15.1. The molecule has 0 radical (unpaired) electrons. The van der Waals surface area contributed by atoms with Crippen molar-refractivity contribution in [1.29, 1.82) is 0 Å². The summed E-state index contributed by atoms with van der Waals surface area (Å²) in [5.41, 5.74) is 4.71. The highest BCUT2D eigenvalue weighted by atomic mass is 19.1. The second kappa shape index (κ2) is 7.43. The molecule has 0 bridgehead atoms. The minimum Gasteiger partial charge on any atom is -0.298 e. The Kier molecular flexibility index (Phi) is 4.60. The fourth-order valence-electron chi connectivity index (χ4n) is 4.01. The third-order valence-corrected chi connectivity index (χ3v) is 5.49. The summed E-state index contributed by atoms with van der Waals surface area (Å²) in [7, 11) is 2.03. The zero-order valence-corrected chi connectivity index (χ0v) is 16.4. The molecular weight excluding hydrogens is 380 g/mol. The lowest BCUT2D eigenvalue weighted by atomic mass is 9.91. The molecule has 0 fully saturated rings. The van der Waals surface area contributed by atoms with Gasteiger partial charge in [-0.05, 0) is 82.5 Å². The van der Waals surface area contributed by atoms with Crippen LogP contribution in [0.3, 0.4) is 0 Å². The number of nitrogens with zero attached hydrogens (tertiary/aromatic N) is 3. The molecule has 5 rings (SSSR count). The van der Waals surface area contributed by atoms with Crippen LogP contribution in [0.25, 0.3) is 27.6 Å². The van der Waals surface area contributed by atoms with Crippen LogP contribution in [0, 0.1) is 11.6 Å². The minimum absolute atomic E-state index is 0.269. The second-order valence-electron chi connectivity index (χ2n) is 7.62. The lowest BCUT2D eigenvalue weighted by molar-refractivity contribution is 0.365. The fraction of sp³-hybridized carbons (Fsp3) is 0.120. The van der Waals surface area contributed by atoms with Gasteiger partial charge in [0.25, 0.3) is 0 Å². The number of fused-ring (bicyclic) bond motifs is 2. The first-order valence-corrected chi connectivity index (χ1v) is 9.78. The molecule has 1 aromatic heterocycles. The van der Waals surface area contributed by atoms with Crippen molar-refractivity contribution in [3.63, 3.8) is 0 Å². The molecule has 0 N–H and O–H groups in total. The number of halogens is 2. The maximum Gasteiger partial charge on any atom is 0.133 e. The Morgan fingerprint density at radius 1 is 0.900 bits per heavy atom. The standard InChI is InChI=1S/C25H19F2N3/c1-30-10-8-21(17-5-4-16-6-7-20(26)12-18(16)11-17)22-14-24(27)23(13-19(22)15-30)25-3-2-9-28-29-25/h2-9,11-14H,10,15H2,1H3. The van der Waals surface area contributed by atoms with Crippen LogP contribution in [0.15, 0.2) is 72.9 Å². The largest absolute Gasteiger partial charge is 0.298 e. The average molecular weight is 399 g/mol. The quantitative estimate of drug-likeness (QED) is 0.449. The number of benzene rings is 3. The van der Waals surface area contributed by atoms with Crippen LogP contribution in [0.4, 0.5) is 8.78 Å². The summed E-state index contributed by atoms with van der Waals surface area (Å²) in [5.74, 6) is -0.606. The molecule has 3 nitrogen and oxygen atoms in total. The Morgan fingerprint density at radius 2 is 1.77 bits per heavy atom. The van der Waals surface area contributed by atoms with E-state index in [1.807, 2.05) is 31.3 Å². The van der Waals surface area contributed by atoms with E-state index in [0.29, 0.717) is 17.8 Å². The van der Waals surface area contributed by atoms with Crippen LogP contribution in [0.1, 0.15) is 16.7 Å². The lowest BCUT2D eigenvalue weighted by Gasteiger charge is -2.16. The number of aromatic nitrogens is 2. The molecule has 0 saturated carbocycles. The summed E-state index contributed by atoms with van der Waals surface area (Å²) >= 11 is 0. The van der Waals surface area contributed by atoms with Crippen molar-refractivity contribution in [2.45, 2.75) is 6.54 Å². The second-order valence-corrected chi connectivity index (χ2v) is 7.62. The van der Waals surface area contributed by atoms with Crippen molar-refractivity contribution in [3.8, 4) is 11.3 Å². The topological polar surface area (TPSA) is 29.0 Å². The van der Waals surface area contributed by atoms with Crippen molar-refractivity contribution in [3.05, 3.63) is 101 Å². The van der Waals surface area contributed by atoms with E-state index in [9.17, 15) is 4.39 Å². The number of likely N-dealkylation sites (N-methyl/N-ethyl adjacent to an activating group) is 1. The van der Waals surface area contributed by atoms with Gasteiger partial charge in [-0.15, -0.1) is 0 Å². The van der Waals surface area contributed by atoms with Crippen molar-refractivity contribution < 1.29 is 8.78 Å². The fourth-order valence-corrected chi connectivity index (χ4v) is 4.01. The molecule has 0 amide bonds. The van der Waals surface area contributed by atoms with Crippen molar-refractivity contribution >= 4 is 16.3 Å². The summed E-state index contributed by atoms with van der Waals surface area (Å²) < 4.78 is 28.9. The number of rotatable bonds is 2. The Hall–Kier alpha value is -3.44. The number of hydrogen-bond acceptors (Lipinski definition) is 3. The number of hydrogen-bond donors (Lipinski definition) is 0. The van der Waals surface area contributed by atoms with Gasteiger partial charge in [-0.25, -0.2) is 8.78 Å². The van der Waals surface area contributed by atoms with E-state index in [2.05, 4.69) is 21.2 Å². The van der Waals surface area contributed by atoms with E-state index in [0.717, 1.165) is 39.6 Å². The molecule has 4 aromatic rings. The molecule has 2 heterocycles. The van der Waals surface area contributed by atoms with Crippen LogP contribution < -0.4 is 0 Å². The monoisotopic (exact) mass is 399 g/mol. The van der Waals surface area contributed by atoms with E-state index in [1.54, 1.807) is 30.5 Å². The van der Waals surface area contributed by atoms with Crippen LogP contribution in [0.5, 0.6) is 0 Å². The normalized spacial score (nSPS) is 14.3. The van der Waals surface area contributed by atoms with Gasteiger partial charge in [-0.3, -0.25) is 4.90 Å². The van der Waals surface area contributed by atoms with Crippen LogP contribution in [-0.4, -0.2) is 28.7 Å². The lowest BCUT2D eigenvalue weighted by Crippen LogP contribution is -2.16. The highest BCUT2D eigenvalue weighted by Gasteiger charge is 2.20. The van der Waals surface area contributed by atoms with E-state index in [4.69, 9.17) is 0 Å². The predicted molar refractivity (Wildman–Crippen MR) is 115 cm³/mol. The van der Waals surface area contributed by atoms with Crippen molar-refractivity contribution in [2.75, 3.05) is 13.6 Å². The molecule has 1 aliphatic heterocycles. The summed E-state index contributed by atoms with van der Waals surface area (Å²) in [5, 5.41) is 9.74. The van der Waals surface area contributed by atoms with Gasteiger partial charge in [0, 0.05) is 24.8 Å². The van der Waals surface area contributed by atoms with Crippen LogP contribution in [0.2, 0.25) is 0 Å². The SMILES string of the molecule is CN1CC=C(c2ccc3ccc(F)cc3c2)c2cc(F)c(-c3cccnn3)cc2C1. The van der Waals surface area contributed by atoms with Crippen molar-refractivity contribution in [2.24, 2.45) is 0 Å². The molecule has 0 saturated heterocycles. The summed E-state index contributed by atoms with van der Waals surface area (Å²) in [6, 6.07) is 17.7. The Morgan fingerprint density at radius 3 is 2.60 bits per heavy atom. The van der Waals surface area contributed by atoms with Crippen molar-refractivity contribution in [1.82, 2.24) is 15.1 Å². The van der Waals surface area contributed by atoms with E-state index >= 15 is 4.39 Å². The zero-order valence-electron chi connectivity index (χ0n) is 16.4. The molecule has 5 heteroatoms. The van der Waals surface area contributed by atoms with Gasteiger partial charge >= 0.3 is 0 Å². The van der Waals surface area contributed by atoms with Gasteiger partial charge in [-0.2, -0.15) is 10.2 Å². The summed E-state index contributed by atoms with van der Waals surface area (Å²) in [4.78, 5) is 2.17. The van der Waals surface area contributed by atoms with E-state index in [-0.39, 0.29) is 11.6 Å². The van der Waals surface area contributed by atoms with Gasteiger partial charge in [0.15, 0.2) is 0 Å². The Bertz CT molecular complexity index is 1280.